The van der Waals surface area contributed by atoms with Crippen molar-refractivity contribution in [2.75, 3.05) is 13.6 Å². The van der Waals surface area contributed by atoms with Crippen LogP contribution in [0.5, 0.6) is 0 Å². The van der Waals surface area contributed by atoms with Crippen LogP contribution in [-0.2, 0) is 0 Å². The zero-order valence-corrected chi connectivity index (χ0v) is 7.35. The molecular formula is C9H19N. The second-order valence-corrected chi connectivity index (χ2v) is 3.73. The summed E-state index contributed by atoms with van der Waals surface area (Å²) in [6, 6.07) is 0. The van der Waals surface area contributed by atoms with E-state index in [-0.39, 0.29) is 0 Å². The first kappa shape index (κ1) is 8.06. The van der Waals surface area contributed by atoms with Gasteiger partial charge in [-0.05, 0) is 37.8 Å². The highest BCUT2D eigenvalue weighted by Gasteiger charge is 2.28. The van der Waals surface area contributed by atoms with Crippen LogP contribution in [0.4, 0.5) is 0 Å². The van der Waals surface area contributed by atoms with E-state index in [1.165, 1.54) is 19.4 Å². The van der Waals surface area contributed by atoms with E-state index in [9.17, 15) is 0 Å². The summed E-state index contributed by atoms with van der Waals surface area (Å²) in [6.07, 6.45) is 2.87. The van der Waals surface area contributed by atoms with Gasteiger partial charge in [-0.15, -0.1) is 0 Å². The van der Waals surface area contributed by atoms with Crippen LogP contribution in [0.3, 0.4) is 0 Å². The molecule has 0 radical (unpaired) electrons. The van der Waals surface area contributed by atoms with E-state index in [2.05, 4.69) is 26.2 Å². The topological polar surface area (TPSA) is 12.0 Å². The molecule has 1 N–H and O–H groups in total. The van der Waals surface area contributed by atoms with Crippen LogP contribution in [0, 0.1) is 17.8 Å². The minimum Gasteiger partial charge on any atom is -0.319 e. The monoisotopic (exact) mass is 141 g/mol. The number of nitrogens with one attached hydrogen (secondary N) is 1. The van der Waals surface area contributed by atoms with Crippen LogP contribution < -0.4 is 5.32 Å². The summed E-state index contributed by atoms with van der Waals surface area (Å²) in [4.78, 5) is 0. The molecule has 1 saturated carbocycles. The molecule has 1 fully saturated rings. The molecule has 1 aliphatic rings. The molecule has 0 spiro atoms. The first-order chi connectivity index (χ1) is 4.75. The predicted molar refractivity (Wildman–Crippen MR) is 45.0 cm³/mol. The van der Waals surface area contributed by atoms with Crippen molar-refractivity contribution in [1.29, 1.82) is 0 Å². The van der Waals surface area contributed by atoms with Crippen molar-refractivity contribution < 1.29 is 0 Å². The maximum absolute atomic E-state index is 3.26. The van der Waals surface area contributed by atoms with E-state index in [1.807, 2.05) is 0 Å². The van der Waals surface area contributed by atoms with Gasteiger partial charge in [0.1, 0.15) is 0 Å². The van der Waals surface area contributed by atoms with Gasteiger partial charge in [0, 0.05) is 0 Å². The third kappa shape index (κ3) is 1.51. The molecule has 0 amide bonds. The van der Waals surface area contributed by atoms with Crippen molar-refractivity contribution >= 4 is 0 Å². The molecule has 0 aromatic carbocycles. The maximum atomic E-state index is 3.26. The van der Waals surface area contributed by atoms with Gasteiger partial charge in [0.25, 0.3) is 0 Å². The quantitative estimate of drug-likeness (QED) is 0.619. The lowest BCUT2D eigenvalue weighted by molar-refractivity contribution is 0.350. The van der Waals surface area contributed by atoms with E-state index in [4.69, 9.17) is 0 Å². The molecule has 1 heteroatoms. The number of hydrogen-bond donors (Lipinski definition) is 1. The molecule has 3 unspecified atom stereocenters. The molecule has 3 atom stereocenters. The van der Waals surface area contributed by atoms with E-state index in [1.54, 1.807) is 0 Å². The van der Waals surface area contributed by atoms with Gasteiger partial charge in [-0.3, -0.25) is 0 Å². The Labute approximate surface area is 64.2 Å². The van der Waals surface area contributed by atoms with Gasteiger partial charge >= 0.3 is 0 Å². The highest BCUT2D eigenvalue weighted by atomic mass is 14.8. The van der Waals surface area contributed by atoms with Gasteiger partial charge in [-0.1, -0.05) is 20.3 Å². The van der Waals surface area contributed by atoms with Gasteiger partial charge in [-0.25, -0.2) is 0 Å². The lowest BCUT2D eigenvalue weighted by atomic mass is 9.93. The van der Waals surface area contributed by atoms with Gasteiger partial charge < -0.3 is 5.32 Å². The van der Waals surface area contributed by atoms with Crippen molar-refractivity contribution in [3.8, 4) is 0 Å². The van der Waals surface area contributed by atoms with E-state index in [0.29, 0.717) is 0 Å². The Kier molecular flexibility index (Phi) is 2.72. The zero-order valence-electron chi connectivity index (χ0n) is 7.35. The summed E-state index contributed by atoms with van der Waals surface area (Å²) in [7, 11) is 2.05. The van der Waals surface area contributed by atoms with Gasteiger partial charge in [0.2, 0.25) is 0 Å². The fraction of sp³-hybridized carbons (Fsp3) is 1.00. The normalized spacial score (nSPS) is 40.5. The van der Waals surface area contributed by atoms with E-state index >= 15 is 0 Å². The fourth-order valence-electron chi connectivity index (χ4n) is 2.02. The molecule has 1 nitrogen and oxygen atoms in total. The first-order valence-electron chi connectivity index (χ1n) is 4.40. The largest absolute Gasteiger partial charge is 0.319 e. The first-order valence-corrected chi connectivity index (χ1v) is 4.40. The van der Waals surface area contributed by atoms with E-state index < -0.39 is 0 Å². The molecule has 0 saturated heterocycles. The second-order valence-electron chi connectivity index (χ2n) is 3.73. The Morgan fingerprint density at radius 1 is 1.30 bits per heavy atom. The molecule has 0 aliphatic heterocycles. The average Bonchev–Trinajstić information content (AvgIpc) is 2.20. The van der Waals surface area contributed by atoms with Gasteiger partial charge in [0.15, 0.2) is 0 Å². The molecule has 1 rings (SSSR count). The highest BCUT2D eigenvalue weighted by molar-refractivity contribution is 4.80. The summed E-state index contributed by atoms with van der Waals surface area (Å²) in [5.74, 6) is 2.84. The Balaban J connectivity index is 2.33. The molecule has 0 aromatic heterocycles. The molecule has 1 aliphatic carbocycles. The smallest absolute Gasteiger partial charge is 0.00209 e. The van der Waals surface area contributed by atoms with Crippen LogP contribution in [0.15, 0.2) is 0 Å². The molecule has 60 valence electrons. The van der Waals surface area contributed by atoms with Crippen molar-refractivity contribution in [2.24, 2.45) is 17.8 Å². The molecule has 0 bridgehead atoms. The third-order valence-electron chi connectivity index (χ3n) is 3.10. The third-order valence-corrected chi connectivity index (χ3v) is 3.10. The fourth-order valence-corrected chi connectivity index (χ4v) is 2.02. The summed E-state index contributed by atoms with van der Waals surface area (Å²) in [6.45, 7) is 5.98. The van der Waals surface area contributed by atoms with Crippen LogP contribution in [0.1, 0.15) is 26.7 Å². The minimum atomic E-state index is 0.937. The summed E-state index contributed by atoms with van der Waals surface area (Å²) in [5.41, 5.74) is 0. The zero-order chi connectivity index (χ0) is 7.56. The molecule has 0 aromatic rings. The standard InChI is InChI=1S/C9H19N/c1-7-4-5-9(6-10-3)8(7)2/h7-10H,4-6H2,1-3H3. The number of hydrogen-bond acceptors (Lipinski definition) is 1. The summed E-state index contributed by atoms with van der Waals surface area (Å²) in [5, 5.41) is 3.26. The van der Waals surface area contributed by atoms with Gasteiger partial charge in [0.05, 0.1) is 0 Å². The highest BCUT2D eigenvalue weighted by Crippen LogP contribution is 2.35. The van der Waals surface area contributed by atoms with E-state index in [0.717, 1.165) is 17.8 Å². The molecular weight excluding hydrogens is 122 g/mol. The maximum Gasteiger partial charge on any atom is -0.00209 e. The Bertz CT molecular complexity index is 98.9. The van der Waals surface area contributed by atoms with Crippen molar-refractivity contribution in [3.63, 3.8) is 0 Å². The predicted octanol–water partition coefficient (Wildman–Crippen LogP) is 1.89. The Morgan fingerprint density at radius 2 is 2.00 bits per heavy atom. The summed E-state index contributed by atoms with van der Waals surface area (Å²) >= 11 is 0. The van der Waals surface area contributed by atoms with Gasteiger partial charge in [-0.2, -0.15) is 0 Å². The van der Waals surface area contributed by atoms with Crippen LogP contribution in [0.2, 0.25) is 0 Å². The lowest BCUT2D eigenvalue weighted by Crippen LogP contribution is -2.21. The minimum absolute atomic E-state index is 0.937. The SMILES string of the molecule is CNCC1CCC(C)C1C. The van der Waals surface area contributed by atoms with Crippen molar-refractivity contribution in [2.45, 2.75) is 26.7 Å². The van der Waals surface area contributed by atoms with Crippen LogP contribution in [-0.4, -0.2) is 13.6 Å². The van der Waals surface area contributed by atoms with Crippen LogP contribution in [0.25, 0.3) is 0 Å². The second kappa shape index (κ2) is 3.38. The average molecular weight is 141 g/mol. The molecule has 0 heterocycles. The molecule has 10 heavy (non-hydrogen) atoms. The summed E-state index contributed by atoms with van der Waals surface area (Å²) < 4.78 is 0. The Morgan fingerprint density at radius 3 is 2.40 bits per heavy atom. The number of rotatable bonds is 2. The Hall–Kier alpha value is -0.0400. The van der Waals surface area contributed by atoms with Crippen LogP contribution >= 0.6 is 0 Å². The van der Waals surface area contributed by atoms with Crippen molar-refractivity contribution in [1.82, 2.24) is 5.32 Å². The lowest BCUT2D eigenvalue weighted by Gasteiger charge is -2.16. The van der Waals surface area contributed by atoms with Crippen molar-refractivity contribution in [3.05, 3.63) is 0 Å².